The molecule has 2 aromatic carbocycles. The lowest BCUT2D eigenvalue weighted by molar-refractivity contribution is 1.09. The SMILES string of the molecule is CCNc1ccc(CC)cc1Cc1ccc(NC)cc1. The lowest BCUT2D eigenvalue weighted by Crippen LogP contribution is -2.02. The van der Waals surface area contributed by atoms with Gasteiger partial charge < -0.3 is 10.6 Å². The molecule has 0 aliphatic rings. The summed E-state index contributed by atoms with van der Waals surface area (Å²) >= 11 is 0. The number of nitrogens with one attached hydrogen (secondary N) is 2. The van der Waals surface area contributed by atoms with Gasteiger partial charge in [-0.15, -0.1) is 0 Å². The Balaban J connectivity index is 2.24. The summed E-state index contributed by atoms with van der Waals surface area (Å²) in [5.41, 5.74) is 6.53. The third-order valence-electron chi connectivity index (χ3n) is 3.58. The van der Waals surface area contributed by atoms with Crippen molar-refractivity contribution in [3.63, 3.8) is 0 Å². The fraction of sp³-hybridized carbons (Fsp3) is 0.333. The Morgan fingerprint density at radius 3 is 2.20 bits per heavy atom. The molecule has 2 heteroatoms. The summed E-state index contributed by atoms with van der Waals surface area (Å²) in [7, 11) is 1.95. The lowest BCUT2D eigenvalue weighted by Gasteiger charge is -2.13. The molecule has 2 N–H and O–H groups in total. The molecule has 0 unspecified atom stereocenters. The molecule has 20 heavy (non-hydrogen) atoms. The first-order chi connectivity index (χ1) is 9.76. The van der Waals surface area contributed by atoms with E-state index in [1.165, 1.54) is 22.4 Å². The average molecular weight is 268 g/mol. The second-order valence-corrected chi connectivity index (χ2v) is 5.00. The summed E-state index contributed by atoms with van der Waals surface area (Å²) in [6, 6.07) is 15.4. The number of anilines is 2. The molecule has 0 bridgehead atoms. The fourth-order valence-corrected chi connectivity index (χ4v) is 2.39. The molecular weight excluding hydrogens is 244 g/mol. The van der Waals surface area contributed by atoms with E-state index < -0.39 is 0 Å². The van der Waals surface area contributed by atoms with Crippen molar-refractivity contribution in [1.29, 1.82) is 0 Å². The molecule has 0 aromatic heterocycles. The number of hydrogen-bond acceptors (Lipinski definition) is 2. The Bertz CT molecular complexity index is 544. The van der Waals surface area contributed by atoms with Gasteiger partial charge in [-0.25, -0.2) is 0 Å². The van der Waals surface area contributed by atoms with Crippen LogP contribution in [0, 0.1) is 0 Å². The summed E-state index contributed by atoms with van der Waals surface area (Å²) in [6.45, 7) is 5.30. The van der Waals surface area contributed by atoms with Gasteiger partial charge in [0.25, 0.3) is 0 Å². The number of aryl methyl sites for hydroxylation is 1. The van der Waals surface area contributed by atoms with Crippen molar-refractivity contribution in [3.05, 3.63) is 59.2 Å². The maximum absolute atomic E-state index is 3.46. The first kappa shape index (κ1) is 14.4. The van der Waals surface area contributed by atoms with Gasteiger partial charge in [-0.1, -0.05) is 31.2 Å². The zero-order valence-corrected chi connectivity index (χ0v) is 12.7. The van der Waals surface area contributed by atoms with Crippen molar-refractivity contribution in [3.8, 4) is 0 Å². The van der Waals surface area contributed by atoms with Crippen LogP contribution in [0.5, 0.6) is 0 Å². The zero-order chi connectivity index (χ0) is 14.4. The van der Waals surface area contributed by atoms with Gasteiger partial charge in [-0.05, 0) is 54.7 Å². The highest BCUT2D eigenvalue weighted by Gasteiger charge is 2.04. The molecule has 0 radical (unpaired) electrons. The van der Waals surface area contributed by atoms with Crippen molar-refractivity contribution in [1.82, 2.24) is 0 Å². The van der Waals surface area contributed by atoms with Crippen molar-refractivity contribution < 1.29 is 0 Å². The Morgan fingerprint density at radius 1 is 0.900 bits per heavy atom. The van der Waals surface area contributed by atoms with Gasteiger partial charge in [0.2, 0.25) is 0 Å². The van der Waals surface area contributed by atoms with Gasteiger partial charge in [0.15, 0.2) is 0 Å². The Kier molecular flexibility index (Phi) is 5.05. The number of hydrogen-bond donors (Lipinski definition) is 2. The summed E-state index contributed by atoms with van der Waals surface area (Å²) < 4.78 is 0. The van der Waals surface area contributed by atoms with Gasteiger partial charge in [-0.2, -0.15) is 0 Å². The molecular formula is C18H24N2. The van der Waals surface area contributed by atoms with Gasteiger partial charge in [0.05, 0.1) is 0 Å². The predicted octanol–water partition coefficient (Wildman–Crippen LogP) is 4.31. The Morgan fingerprint density at radius 2 is 1.60 bits per heavy atom. The van der Waals surface area contributed by atoms with E-state index in [4.69, 9.17) is 0 Å². The number of benzene rings is 2. The van der Waals surface area contributed by atoms with Gasteiger partial charge in [-0.3, -0.25) is 0 Å². The van der Waals surface area contributed by atoms with E-state index in [1.54, 1.807) is 0 Å². The smallest absolute Gasteiger partial charge is 0.0376 e. The zero-order valence-electron chi connectivity index (χ0n) is 12.7. The lowest BCUT2D eigenvalue weighted by atomic mass is 9.99. The molecule has 2 nitrogen and oxygen atoms in total. The van der Waals surface area contributed by atoms with Crippen LogP contribution in [0.4, 0.5) is 11.4 Å². The Labute approximate surface area is 122 Å². The van der Waals surface area contributed by atoms with Crippen LogP contribution in [0.15, 0.2) is 42.5 Å². The summed E-state index contributed by atoms with van der Waals surface area (Å²) in [4.78, 5) is 0. The largest absolute Gasteiger partial charge is 0.388 e. The van der Waals surface area contributed by atoms with E-state index >= 15 is 0 Å². The maximum Gasteiger partial charge on any atom is 0.0376 e. The molecule has 2 rings (SSSR count). The second-order valence-electron chi connectivity index (χ2n) is 5.00. The normalized spacial score (nSPS) is 10.3. The second kappa shape index (κ2) is 6.99. The highest BCUT2D eigenvalue weighted by Crippen LogP contribution is 2.22. The van der Waals surface area contributed by atoms with Crippen LogP contribution in [0.3, 0.4) is 0 Å². The molecule has 0 saturated carbocycles. The quantitative estimate of drug-likeness (QED) is 0.815. The van der Waals surface area contributed by atoms with E-state index in [2.05, 4.69) is 66.9 Å². The molecule has 0 atom stereocenters. The monoisotopic (exact) mass is 268 g/mol. The fourth-order valence-electron chi connectivity index (χ4n) is 2.39. The van der Waals surface area contributed by atoms with Crippen LogP contribution in [0.25, 0.3) is 0 Å². The molecule has 0 amide bonds. The van der Waals surface area contributed by atoms with Crippen molar-refractivity contribution in [2.45, 2.75) is 26.7 Å². The molecule has 0 aliphatic carbocycles. The maximum atomic E-state index is 3.46. The third kappa shape index (κ3) is 3.53. The first-order valence-electron chi connectivity index (χ1n) is 7.39. The molecule has 0 saturated heterocycles. The predicted molar refractivity (Wildman–Crippen MR) is 88.8 cm³/mol. The topological polar surface area (TPSA) is 24.1 Å². The van der Waals surface area contributed by atoms with E-state index in [0.717, 1.165) is 25.1 Å². The van der Waals surface area contributed by atoms with E-state index in [0.29, 0.717) is 0 Å². The Hall–Kier alpha value is -1.96. The van der Waals surface area contributed by atoms with E-state index in [-0.39, 0.29) is 0 Å². The molecule has 0 aliphatic heterocycles. The van der Waals surface area contributed by atoms with Crippen molar-refractivity contribution >= 4 is 11.4 Å². The minimum Gasteiger partial charge on any atom is -0.388 e. The van der Waals surface area contributed by atoms with Crippen LogP contribution in [-0.4, -0.2) is 13.6 Å². The van der Waals surface area contributed by atoms with Crippen LogP contribution < -0.4 is 10.6 Å². The van der Waals surface area contributed by atoms with Crippen LogP contribution in [0.1, 0.15) is 30.5 Å². The minimum absolute atomic E-state index is 0.956. The molecule has 0 heterocycles. The van der Waals surface area contributed by atoms with Gasteiger partial charge >= 0.3 is 0 Å². The van der Waals surface area contributed by atoms with Crippen LogP contribution in [-0.2, 0) is 12.8 Å². The van der Waals surface area contributed by atoms with Crippen LogP contribution in [0.2, 0.25) is 0 Å². The summed E-state index contributed by atoms with van der Waals surface area (Å²) in [5, 5.41) is 6.61. The highest BCUT2D eigenvalue weighted by molar-refractivity contribution is 5.55. The molecule has 2 aromatic rings. The number of rotatable bonds is 6. The molecule has 106 valence electrons. The van der Waals surface area contributed by atoms with E-state index in [1.807, 2.05) is 7.05 Å². The summed E-state index contributed by atoms with van der Waals surface area (Å²) in [5.74, 6) is 0. The third-order valence-corrected chi connectivity index (χ3v) is 3.58. The van der Waals surface area contributed by atoms with Gasteiger partial charge in [0.1, 0.15) is 0 Å². The molecule has 0 spiro atoms. The van der Waals surface area contributed by atoms with Crippen molar-refractivity contribution in [2.24, 2.45) is 0 Å². The van der Waals surface area contributed by atoms with Gasteiger partial charge in [0, 0.05) is 25.0 Å². The standard InChI is InChI=1S/C18H24N2/c1-4-14-8-11-18(20-5-2)16(12-14)13-15-6-9-17(19-3)10-7-15/h6-12,19-20H,4-5,13H2,1-3H3. The summed E-state index contributed by atoms with van der Waals surface area (Å²) in [6.07, 6.45) is 2.05. The van der Waals surface area contributed by atoms with Crippen LogP contribution >= 0.6 is 0 Å². The first-order valence-corrected chi connectivity index (χ1v) is 7.39. The average Bonchev–Trinajstić information content (AvgIpc) is 2.50. The highest BCUT2D eigenvalue weighted by atomic mass is 14.9. The van der Waals surface area contributed by atoms with Crippen molar-refractivity contribution in [2.75, 3.05) is 24.2 Å². The minimum atomic E-state index is 0.956. The molecule has 0 fully saturated rings. The van der Waals surface area contributed by atoms with E-state index in [9.17, 15) is 0 Å².